The predicted molar refractivity (Wildman–Crippen MR) is 95.3 cm³/mol. The van der Waals surface area contributed by atoms with Gasteiger partial charge >= 0.3 is 6.03 Å². The van der Waals surface area contributed by atoms with Gasteiger partial charge < -0.3 is 9.84 Å². The van der Waals surface area contributed by atoms with E-state index >= 15 is 0 Å². The van der Waals surface area contributed by atoms with Crippen molar-refractivity contribution in [1.82, 2.24) is 5.01 Å². The molecule has 0 radical (unpaired) electrons. The lowest BCUT2D eigenvalue weighted by molar-refractivity contribution is 0.216. The fraction of sp³-hybridized carbons (Fsp3) is 0.188. The smallest absolute Gasteiger partial charge is 0.352 e. The van der Waals surface area contributed by atoms with E-state index in [2.05, 4.69) is 15.9 Å². The van der Waals surface area contributed by atoms with Crippen LogP contribution < -0.4 is 21.4 Å². The minimum Gasteiger partial charge on any atom is -0.508 e. The van der Waals surface area contributed by atoms with Gasteiger partial charge in [0.2, 0.25) is 0 Å². The highest BCUT2D eigenvalue weighted by molar-refractivity contribution is 9.10. The number of hydrogen-bond donors (Lipinski definition) is 3. The molecule has 0 fully saturated rings. The van der Waals surface area contributed by atoms with Crippen LogP contribution in [0.4, 0.5) is 10.5 Å². The fourth-order valence-corrected chi connectivity index (χ4v) is 2.60. The third-order valence-corrected chi connectivity index (χ3v) is 4.13. The molecule has 128 valence electrons. The lowest BCUT2D eigenvalue weighted by Gasteiger charge is -2.24. The zero-order valence-electron chi connectivity index (χ0n) is 13.4. The number of hydrogen-bond acceptors (Lipinski definition) is 5. The second-order valence-electron chi connectivity index (χ2n) is 5.24. The number of rotatable bonds is 4. The number of nitrogens with two attached hydrogens (primary N) is 2. The number of phenolic OH excluding ortho intramolecular Hbond substituents is 1. The lowest BCUT2D eigenvalue weighted by Crippen LogP contribution is -2.49. The van der Waals surface area contributed by atoms with E-state index in [1.165, 1.54) is 7.05 Å². The van der Waals surface area contributed by atoms with Gasteiger partial charge in [0.25, 0.3) is 0 Å². The van der Waals surface area contributed by atoms with Crippen LogP contribution >= 0.6 is 15.9 Å². The number of amides is 2. The monoisotopic (exact) mass is 394 g/mol. The van der Waals surface area contributed by atoms with E-state index in [9.17, 15) is 9.90 Å². The van der Waals surface area contributed by atoms with Crippen LogP contribution in [0.15, 0.2) is 40.9 Å². The summed E-state index contributed by atoms with van der Waals surface area (Å²) in [6.45, 7) is 2.01. The van der Waals surface area contributed by atoms with E-state index in [1.807, 2.05) is 13.0 Å². The number of ether oxygens (including phenoxy) is 1. The molecule has 0 bridgehead atoms. The molecular weight excluding hydrogens is 376 g/mol. The summed E-state index contributed by atoms with van der Waals surface area (Å²) in [5.74, 6) is 12.1. The van der Waals surface area contributed by atoms with E-state index < -0.39 is 6.03 Å². The van der Waals surface area contributed by atoms with Crippen LogP contribution in [-0.2, 0) is 6.61 Å². The fourth-order valence-electron chi connectivity index (χ4n) is 2.13. The number of carbonyl (C=O) groups is 1. The summed E-state index contributed by atoms with van der Waals surface area (Å²) in [5.41, 5.74) is 1.97. The van der Waals surface area contributed by atoms with Crippen molar-refractivity contribution in [2.75, 3.05) is 12.1 Å². The molecule has 2 amide bonds. The quantitative estimate of drug-likeness (QED) is 0.419. The molecule has 7 nitrogen and oxygen atoms in total. The number of halogens is 1. The molecular formula is C16H19BrN4O3. The largest absolute Gasteiger partial charge is 0.508 e. The molecule has 2 aromatic rings. The first-order valence-corrected chi connectivity index (χ1v) is 7.87. The van der Waals surface area contributed by atoms with Gasteiger partial charge in [0.05, 0.1) is 5.69 Å². The van der Waals surface area contributed by atoms with Gasteiger partial charge in [-0.1, -0.05) is 22.0 Å². The van der Waals surface area contributed by atoms with Crippen molar-refractivity contribution < 1.29 is 14.6 Å². The van der Waals surface area contributed by atoms with Crippen molar-refractivity contribution in [1.29, 1.82) is 0 Å². The molecule has 0 unspecified atom stereocenters. The summed E-state index contributed by atoms with van der Waals surface area (Å²) >= 11 is 3.45. The van der Waals surface area contributed by atoms with Gasteiger partial charge in [-0.15, -0.1) is 0 Å². The molecule has 8 heteroatoms. The standard InChI is InChI=1S/C16H19BrN4O3/c1-10-8-11(22)6-7-15(10)24-9-12-13(17)4-3-5-14(12)21(19)16(23)20(2)18/h3-8,22H,9,18-19H2,1-2H3. The highest BCUT2D eigenvalue weighted by Gasteiger charge is 2.19. The SMILES string of the molecule is Cc1cc(O)ccc1OCc1c(Br)cccc1N(N)C(=O)N(C)N. The number of urea groups is 1. The number of benzene rings is 2. The Balaban J connectivity index is 2.28. The average molecular weight is 395 g/mol. The maximum atomic E-state index is 12.0. The van der Waals surface area contributed by atoms with Crippen molar-refractivity contribution in [3.8, 4) is 11.5 Å². The predicted octanol–water partition coefficient (Wildman–Crippen LogP) is 2.65. The van der Waals surface area contributed by atoms with Crippen LogP contribution in [0.1, 0.15) is 11.1 Å². The Hall–Kier alpha value is -2.29. The molecule has 24 heavy (non-hydrogen) atoms. The number of hydrazine groups is 2. The number of carbonyl (C=O) groups excluding carboxylic acids is 1. The second-order valence-corrected chi connectivity index (χ2v) is 6.09. The van der Waals surface area contributed by atoms with Crippen LogP contribution in [0.5, 0.6) is 11.5 Å². The Labute approximate surface area is 148 Å². The van der Waals surface area contributed by atoms with Crippen LogP contribution in [-0.4, -0.2) is 23.2 Å². The topological polar surface area (TPSA) is 105 Å². The van der Waals surface area contributed by atoms with Gasteiger partial charge in [-0.25, -0.2) is 21.5 Å². The number of phenols is 1. The Bertz CT molecular complexity index is 752. The Morgan fingerprint density at radius 2 is 2.00 bits per heavy atom. The summed E-state index contributed by atoms with van der Waals surface area (Å²) in [6.07, 6.45) is 0. The van der Waals surface area contributed by atoms with E-state index in [-0.39, 0.29) is 12.4 Å². The maximum Gasteiger partial charge on any atom is 0.352 e. The Morgan fingerprint density at radius 1 is 1.29 bits per heavy atom. The van der Waals surface area contributed by atoms with Gasteiger partial charge in [0, 0.05) is 17.1 Å². The van der Waals surface area contributed by atoms with Crippen LogP contribution in [0.3, 0.4) is 0 Å². The molecule has 2 aromatic carbocycles. The minimum atomic E-state index is -0.560. The summed E-state index contributed by atoms with van der Waals surface area (Å²) < 4.78 is 6.56. The van der Waals surface area contributed by atoms with Crippen LogP contribution in [0, 0.1) is 6.92 Å². The van der Waals surface area contributed by atoms with Crippen LogP contribution in [0.25, 0.3) is 0 Å². The zero-order chi connectivity index (χ0) is 17.9. The second kappa shape index (κ2) is 7.52. The molecule has 0 aromatic heterocycles. The molecule has 0 atom stereocenters. The molecule has 0 aliphatic rings. The van der Waals surface area contributed by atoms with Gasteiger partial charge in [-0.2, -0.15) is 0 Å². The zero-order valence-corrected chi connectivity index (χ0v) is 14.9. The molecule has 0 aliphatic carbocycles. The highest BCUT2D eigenvalue weighted by Crippen LogP contribution is 2.30. The van der Waals surface area contributed by atoms with Crippen molar-refractivity contribution in [3.05, 3.63) is 52.0 Å². The molecule has 5 N–H and O–H groups in total. The first-order chi connectivity index (χ1) is 11.3. The number of aryl methyl sites for hydroxylation is 1. The van der Waals surface area contributed by atoms with Crippen molar-refractivity contribution in [2.24, 2.45) is 11.7 Å². The lowest BCUT2D eigenvalue weighted by atomic mass is 10.1. The van der Waals surface area contributed by atoms with E-state index in [0.29, 0.717) is 17.0 Å². The number of aromatic hydroxyl groups is 1. The van der Waals surface area contributed by atoms with Crippen molar-refractivity contribution >= 4 is 27.6 Å². The van der Waals surface area contributed by atoms with Crippen LogP contribution in [0.2, 0.25) is 0 Å². The summed E-state index contributed by atoms with van der Waals surface area (Å²) in [5, 5.41) is 11.3. The highest BCUT2D eigenvalue weighted by atomic mass is 79.9. The van der Waals surface area contributed by atoms with Gasteiger partial charge in [0.1, 0.15) is 18.1 Å². The molecule has 0 saturated carbocycles. The third kappa shape index (κ3) is 3.97. The summed E-state index contributed by atoms with van der Waals surface area (Å²) in [7, 11) is 1.41. The van der Waals surface area contributed by atoms with E-state index in [0.717, 1.165) is 20.1 Å². The summed E-state index contributed by atoms with van der Waals surface area (Å²) in [6, 6.07) is 9.57. The summed E-state index contributed by atoms with van der Waals surface area (Å²) in [4.78, 5) is 12.0. The molecule has 0 spiro atoms. The van der Waals surface area contributed by atoms with Gasteiger partial charge in [-0.3, -0.25) is 5.01 Å². The Morgan fingerprint density at radius 3 is 2.62 bits per heavy atom. The van der Waals surface area contributed by atoms with E-state index in [4.69, 9.17) is 16.4 Å². The molecule has 0 saturated heterocycles. The van der Waals surface area contributed by atoms with Gasteiger partial charge in [-0.05, 0) is 42.8 Å². The first kappa shape index (κ1) is 18.1. The normalized spacial score (nSPS) is 10.4. The maximum absolute atomic E-state index is 12.0. The van der Waals surface area contributed by atoms with Crippen molar-refractivity contribution in [2.45, 2.75) is 13.5 Å². The molecule has 2 rings (SSSR count). The molecule has 0 heterocycles. The third-order valence-electron chi connectivity index (χ3n) is 3.39. The average Bonchev–Trinajstić information content (AvgIpc) is 2.53. The molecule has 0 aliphatic heterocycles. The first-order valence-electron chi connectivity index (χ1n) is 7.08. The Kier molecular flexibility index (Phi) is 5.66. The van der Waals surface area contributed by atoms with Crippen molar-refractivity contribution in [3.63, 3.8) is 0 Å². The minimum absolute atomic E-state index is 0.172. The van der Waals surface area contributed by atoms with E-state index in [1.54, 1.807) is 30.3 Å². The number of nitrogens with zero attached hydrogens (tertiary/aromatic N) is 2. The van der Waals surface area contributed by atoms with Gasteiger partial charge in [0.15, 0.2) is 0 Å². The number of anilines is 1.